The van der Waals surface area contributed by atoms with Crippen molar-refractivity contribution in [2.45, 2.75) is 88.5 Å². The molecule has 0 fully saturated rings. The Morgan fingerprint density at radius 2 is 0.644 bits per heavy atom. The highest BCUT2D eigenvalue weighted by molar-refractivity contribution is 7.14. The number of nitrogens with one attached hydrogen (secondary N) is 10. The van der Waals surface area contributed by atoms with E-state index >= 15 is 0 Å². The average Bonchev–Trinajstić information content (AvgIpc) is 1.67. The Labute approximate surface area is 870 Å². The number of amides is 5. The molecule has 764 valence electrons. The molecule has 0 aliphatic heterocycles. The molecule has 20 aromatic rings. The molecule has 0 aromatic carbocycles. The molecule has 5 amide bonds. The maximum absolute atomic E-state index is 12.9. The van der Waals surface area contributed by atoms with Crippen molar-refractivity contribution in [3.63, 3.8) is 0 Å². The summed E-state index contributed by atoms with van der Waals surface area (Å²) in [6, 6.07) is 27.8. The molecule has 20 aromatic heterocycles. The second-order valence-electron chi connectivity index (χ2n) is 31.6. The van der Waals surface area contributed by atoms with E-state index in [1.54, 1.807) is 150 Å². The second-order valence-corrected chi connectivity index (χ2v) is 35.9. The number of hydrogen-bond acceptors (Lipinski definition) is 35. The van der Waals surface area contributed by atoms with E-state index in [1.165, 1.54) is 56.7 Å². The molecule has 0 radical (unpaired) electrons. The molecular formula is C98H101N35O11S5. The molecule has 0 unspecified atom stereocenters. The van der Waals surface area contributed by atoms with E-state index in [1.807, 2.05) is 153 Å². The first-order valence-electron chi connectivity index (χ1n) is 46.3. The van der Waals surface area contributed by atoms with Gasteiger partial charge in [-0.05, 0) is 123 Å². The third kappa shape index (κ3) is 28.1. The van der Waals surface area contributed by atoms with Crippen molar-refractivity contribution in [1.29, 1.82) is 0 Å². The molecule has 0 bridgehead atoms. The van der Waals surface area contributed by atoms with Gasteiger partial charge in [0.15, 0.2) is 0 Å². The highest BCUT2D eigenvalue weighted by atomic mass is 32.1. The first kappa shape index (κ1) is 106. The van der Waals surface area contributed by atoms with Crippen molar-refractivity contribution in [2.24, 2.45) is 7.05 Å². The van der Waals surface area contributed by atoms with Crippen molar-refractivity contribution in [1.82, 2.24) is 150 Å². The number of ether oxygens (including phenoxy) is 4. The van der Waals surface area contributed by atoms with E-state index in [4.69, 9.17) is 28.8 Å². The number of pyridine rings is 5. The third-order valence-corrected chi connectivity index (χ3v) is 25.6. The standard InChI is InChI=1S/2C21H23N7O2S.C20H21N7O2S.C19H19N7O2S.C16H13N7OS.CH2O2/c2*1-4-30-10-9-28-11-16(19(27-28)15-7-5-6-8-22-15)23-20(29)17-12-31-21(24-17)18-13(2)25-26-14(18)3;1-3-29-9-8-27-11-16(18(26-27)15-6-4-5-7-21-15)23-19(28)17-12-30-20(24-17)14-10-22-25-13(14)2;1-2-28-8-7-26-11-15(17(25-26)14-5-3-4-6-20-14)23-18(27)16-12-29-19(24-16)13-9-21-22-10-13;1-23-8-12(14(22-23)11-4-2-3-5-17-11)20-15(24)13-9-25-16(21-13)10-6-18-19-7-10;2-1-3/h2*5-8,11-12H,4,9-10H2,1-3H3,(H,23,29)(H,25,26);4-7,10-12H,3,8-9H2,1-2H3,(H,22,25)(H,23,28);3-6,9-12H,2,7-8H2,1H3,(H,21,22)(H,23,27);2-9H,1H3,(H,18,19)(H,20,24);1H,(H,2,3). The van der Waals surface area contributed by atoms with Crippen LogP contribution in [0.5, 0.6) is 0 Å². The van der Waals surface area contributed by atoms with Crippen LogP contribution in [0.25, 0.3) is 110 Å². The van der Waals surface area contributed by atoms with Crippen LogP contribution in [-0.4, -0.2) is 244 Å². The van der Waals surface area contributed by atoms with Crippen LogP contribution in [0.4, 0.5) is 28.4 Å². The van der Waals surface area contributed by atoms with Crippen molar-refractivity contribution in [2.75, 3.05) is 79.4 Å². The number of hydrogen-bond donors (Lipinski definition) is 11. The highest BCUT2D eigenvalue weighted by Crippen LogP contribution is 2.37. The Morgan fingerprint density at radius 3 is 0.906 bits per heavy atom. The summed E-state index contributed by atoms with van der Waals surface area (Å²) in [5, 5.41) is 91.1. The molecular weight excluding hydrogens is 2000 g/mol. The summed E-state index contributed by atoms with van der Waals surface area (Å²) in [7, 11) is 1.79. The highest BCUT2D eigenvalue weighted by Gasteiger charge is 2.27. The van der Waals surface area contributed by atoms with Crippen LogP contribution in [0.1, 0.15) is 109 Å². The van der Waals surface area contributed by atoms with Crippen LogP contribution in [0.3, 0.4) is 0 Å². The lowest BCUT2D eigenvalue weighted by atomic mass is 10.2. The van der Waals surface area contributed by atoms with Crippen molar-refractivity contribution in [3.05, 3.63) is 268 Å². The average molecular weight is 2110 g/mol. The van der Waals surface area contributed by atoms with Crippen molar-refractivity contribution >= 4 is 121 Å². The number of aryl methyl sites for hydroxylation is 6. The number of anilines is 5. The van der Waals surface area contributed by atoms with E-state index in [0.29, 0.717) is 193 Å². The van der Waals surface area contributed by atoms with Gasteiger partial charge in [0.25, 0.3) is 36.0 Å². The summed E-state index contributed by atoms with van der Waals surface area (Å²) in [6.07, 6.45) is 25.9. The molecule has 20 heterocycles. The summed E-state index contributed by atoms with van der Waals surface area (Å²) in [6.45, 7) is 24.1. The van der Waals surface area contributed by atoms with Gasteiger partial charge in [-0.15, -0.1) is 56.7 Å². The van der Waals surface area contributed by atoms with Gasteiger partial charge in [-0.1, -0.05) is 30.3 Å². The SMILES string of the molecule is CCOCCn1cc(NC(=O)c2csc(-c3c(C)n[nH]c3C)n2)c(-c2ccccn2)n1.CCOCCn1cc(NC(=O)c2csc(-c3c(C)n[nH]c3C)n2)c(-c2ccccn2)n1.CCOCCn1cc(NC(=O)c2csc(-c3cn[nH]c3)n2)c(-c2ccccn2)n1.CCOCCn1cc(NC(=O)c2csc(-c3cn[nH]c3C)n2)c(-c2ccccn2)n1.Cn1cc(NC(=O)c2csc(-c3cn[nH]c3)n2)c(-c2ccccn2)n1.O=CO. The lowest BCUT2D eigenvalue weighted by molar-refractivity contribution is -0.122. The number of carbonyl (C=O) groups is 6. The maximum Gasteiger partial charge on any atom is 0.290 e. The third-order valence-electron chi connectivity index (χ3n) is 21.2. The van der Waals surface area contributed by atoms with E-state index in [0.717, 1.165) is 81.3 Å². The number of carbonyl (C=O) groups excluding carboxylic acids is 5. The molecule has 0 spiro atoms. The van der Waals surface area contributed by atoms with Gasteiger partial charge in [0.05, 0.1) is 156 Å². The van der Waals surface area contributed by atoms with Crippen LogP contribution < -0.4 is 26.6 Å². The van der Waals surface area contributed by atoms with Gasteiger partial charge >= 0.3 is 0 Å². The van der Waals surface area contributed by atoms with Gasteiger partial charge in [0.2, 0.25) is 0 Å². The number of rotatable bonds is 36. The molecule has 46 nitrogen and oxygen atoms in total. The monoisotopic (exact) mass is 2100 g/mol. The zero-order chi connectivity index (χ0) is 104. The Kier molecular flexibility index (Phi) is 37.3. The second kappa shape index (κ2) is 52.4. The fourth-order valence-corrected chi connectivity index (χ4v) is 18.6. The van der Waals surface area contributed by atoms with Crippen LogP contribution in [0.15, 0.2) is 211 Å². The van der Waals surface area contributed by atoms with E-state index < -0.39 is 0 Å². The Bertz CT molecular complexity index is 7490. The van der Waals surface area contributed by atoms with Crippen molar-refractivity contribution in [3.8, 4) is 110 Å². The van der Waals surface area contributed by atoms with Gasteiger partial charge in [0, 0.05) is 163 Å². The van der Waals surface area contributed by atoms with Gasteiger partial charge in [0.1, 0.15) is 82.0 Å². The fourth-order valence-electron chi connectivity index (χ4n) is 14.2. The predicted octanol–water partition coefficient (Wildman–Crippen LogP) is 16.1. The molecule has 149 heavy (non-hydrogen) atoms. The van der Waals surface area contributed by atoms with Crippen molar-refractivity contribution < 1.29 is 52.8 Å². The summed E-state index contributed by atoms with van der Waals surface area (Å²) < 4.78 is 30.3. The number of H-pyrrole nitrogens is 5. The largest absolute Gasteiger partial charge is 0.483 e. The summed E-state index contributed by atoms with van der Waals surface area (Å²) in [5.74, 6) is -1.51. The van der Waals surface area contributed by atoms with E-state index in [9.17, 15) is 24.0 Å². The molecule has 0 saturated carbocycles. The number of carboxylic acid groups (broad SMARTS) is 1. The molecule has 0 saturated heterocycles. The Morgan fingerprint density at radius 1 is 0.362 bits per heavy atom. The maximum atomic E-state index is 12.9. The number of thiazole rings is 5. The molecule has 20 rings (SSSR count). The number of aromatic nitrogens is 30. The van der Waals surface area contributed by atoms with Gasteiger partial charge in [-0.25, -0.2) is 24.9 Å². The molecule has 51 heteroatoms. The predicted molar refractivity (Wildman–Crippen MR) is 565 cm³/mol. The van der Waals surface area contributed by atoms with Gasteiger partial charge in [-0.2, -0.15) is 51.0 Å². The van der Waals surface area contributed by atoms with E-state index in [-0.39, 0.29) is 36.0 Å². The minimum Gasteiger partial charge on any atom is -0.483 e. The quantitative estimate of drug-likeness (QED) is 0.0128. The summed E-state index contributed by atoms with van der Waals surface area (Å²) in [4.78, 5) is 116. The smallest absolute Gasteiger partial charge is 0.290 e. The Hall–Kier alpha value is -17.3. The molecule has 0 aliphatic rings. The Balaban J connectivity index is 0.000000139. The van der Waals surface area contributed by atoms with Crippen LogP contribution in [-0.2, 0) is 57.0 Å². The van der Waals surface area contributed by atoms with E-state index in [2.05, 4.69) is 153 Å². The normalized spacial score (nSPS) is 10.8. The van der Waals surface area contributed by atoms with Crippen LogP contribution in [0.2, 0.25) is 0 Å². The zero-order valence-electron chi connectivity index (χ0n) is 82.0. The zero-order valence-corrected chi connectivity index (χ0v) is 86.1. The summed E-state index contributed by atoms with van der Waals surface area (Å²) >= 11 is 6.99. The van der Waals surface area contributed by atoms with Gasteiger partial charge in [-0.3, -0.25) is 103 Å². The lowest BCUT2D eigenvalue weighted by Gasteiger charge is -2.03. The minimum absolute atomic E-state index is 0.250. The first-order chi connectivity index (χ1) is 72.6. The van der Waals surface area contributed by atoms with Crippen LogP contribution in [0, 0.1) is 34.6 Å². The summed E-state index contributed by atoms with van der Waals surface area (Å²) in [5.41, 5.74) is 19.9. The minimum atomic E-state index is -0.308. The topological polar surface area (TPSA) is 581 Å². The number of aromatic amines is 5. The first-order valence-corrected chi connectivity index (χ1v) is 50.7. The fraction of sp³-hybridized carbons (Fsp3) is 0.224. The molecule has 0 aliphatic carbocycles. The lowest BCUT2D eigenvalue weighted by Crippen LogP contribution is -2.12. The molecule has 11 N–H and O–H groups in total. The van der Waals surface area contributed by atoms with Gasteiger partial charge < -0.3 is 50.6 Å². The number of nitrogens with zero attached hydrogens (tertiary/aromatic N) is 25. The van der Waals surface area contributed by atoms with Crippen LogP contribution >= 0.6 is 56.7 Å². The molecule has 0 atom stereocenters.